The lowest BCUT2D eigenvalue weighted by Gasteiger charge is -2.25. The molecule has 124 valence electrons. The Balaban J connectivity index is 2.55. The van der Waals surface area contributed by atoms with Gasteiger partial charge in [0.25, 0.3) is 0 Å². The molecule has 0 spiro atoms. The Morgan fingerprint density at radius 1 is 0.952 bits per heavy atom. The predicted octanol–water partition coefficient (Wildman–Crippen LogP) is 4.03. The van der Waals surface area contributed by atoms with Gasteiger partial charge in [0.05, 0.1) is 12.2 Å². The molecule has 1 rings (SSSR count). The minimum absolute atomic E-state index is 0.0406. The van der Waals surface area contributed by atoms with Gasteiger partial charge in [-0.1, -0.05) is 54.4 Å². The van der Waals surface area contributed by atoms with Crippen LogP contribution in [0.2, 0.25) is 0 Å². The zero-order valence-electron chi connectivity index (χ0n) is 15.0. The van der Waals surface area contributed by atoms with E-state index in [9.17, 15) is 4.79 Å². The molecule has 1 amide bonds. The number of unbranched alkanes of at least 4 members (excludes halogenated alkanes) is 1. The largest absolute Gasteiger partial charge is 0.326 e. The van der Waals surface area contributed by atoms with Crippen molar-refractivity contribution in [3.63, 3.8) is 0 Å². The molecule has 2 unspecified atom stereocenters. The molecule has 0 aromatic carbocycles. The molecular weight excluding hydrogens is 260 g/mol. The molecule has 0 aliphatic carbocycles. The molecule has 3 nitrogen and oxygen atoms in total. The molecule has 3 heteroatoms. The van der Waals surface area contributed by atoms with Gasteiger partial charge in [-0.15, -0.1) is 0 Å². The first-order valence-electron chi connectivity index (χ1n) is 8.87. The monoisotopic (exact) mass is 296 g/mol. The fourth-order valence-corrected chi connectivity index (χ4v) is 3.13. The highest BCUT2D eigenvalue weighted by Crippen LogP contribution is 2.22. The number of rotatable bonds is 9. The second kappa shape index (κ2) is 8.77. The molecule has 0 bridgehead atoms. The summed E-state index contributed by atoms with van der Waals surface area (Å²) in [5.74, 6) is 2.27. The molecular formula is C18H36N2O. The van der Waals surface area contributed by atoms with Crippen molar-refractivity contribution in [1.29, 1.82) is 0 Å². The van der Waals surface area contributed by atoms with Gasteiger partial charge in [0.1, 0.15) is 0 Å². The minimum Gasteiger partial charge on any atom is -0.326 e. The van der Waals surface area contributed by atoms with Crippen LogP contribution in [0.3, 0.4) is 0 Å². The average Bonchev–Trinajstić information content (AvgIpc) is 2.60. The Hall–Kier alpha value is -0.570. The van der Waals surface area contributed by atoms with Gasteiger partial charge in [0, 0.05) is 6.54 Å². The van der Waals surface area contributed by atoms with E-state index in [0.29, 0.717) is 17.7 Å². The summed E-state index contributed by atoms with van der Waals surface area (Å²) in [6.45, 7) is 14.3. The van der Waals surface area contributed by atoms with E-state index < -0.39 is 0 Å². The molecule has 0 aromatic heterocycles. The fourth-order valence-electron chi connectivity index (χ4n) is 3.13. The Labute approximate surface area is 131 Å². The first-order chi connectivity index (χ1) is 9.81. The van der Waals surface area contributed by atoms with Gasteiger partial charge in [-0.3, -0.25) is 10.1 Å². The highest BCUT2D eigenvalue weighted by molar-refractivity contribution is 5.84. The van der Waals surface area contributed by atoms with Gasteiger partial charge in [0.2, 0.25) is 5.91 Å². The number of nitrogens with one attached hydrogen (secondary N) is 1. The van der Waals surface area contributed by atoms with Crippen molar-refractivity contribution < 1.29 is 4.79 Å². The smallest absolute Gasteiger partial charge is 0.241 e. The molecule has 1 aliphatic rings. The van der Waals surface area contributed by atoms with E-state index in [2.05, 4.69) is 51.8 Å². The van der Waals surface area contributed by atoms with Crippen LogP contribution in [0.4, 0.5) is 0 Å². The van der Waals surface area contributed by atoms with E-state index in [-0.39, 0.29) is 12.2 Å². The lowest BCUT2D eigenvalue weighted by molar-refractivity contribution is -0.130. The van der Waals surface area contributed by atoms with Crippen molar-refractivity contribution in [2.45, 2.75) is 85.9 Å². The molecule has 1 N–H and O–H groups in total. The van der Waals surface area contributed by atoms with E-state index in [4.69, 9.17) is 0 Å². The van der Waals surface area contributed by atoms with Crippen LogP contribution in [0.1, 0.15) is 73.6 Å². The minimum atomic E-state index is 0.0406. The maximum Gasteiger partial charge on any atom is 0.241 e. The Morgan fingerprint density at radius 2 is 1.57 bits per heavy atom. The normalized spacial score (nSPS) is 23.1. The molecule has 0 aromatic rings. The maximum absolute atomic E-state index is 12.6. The zero-order valence-corrected chi connectivity index (χ0v) is 15.0. The van der Waals surface area contributed by atoms with Crippen molar-refractivity contribution in [3.8, 4) is 0 Å². The third-order valence-electron chi connectivity index (χ3n) is 4.18. The van der Waals surface area contributed by atoms with Crippen molar-refractivity contribution in [2.75, 3.05) is 6.54 Å². The van der Waals surface area contributed by atoms with Gasteiger partial charge in [-0.25, -0.2) is 0 Å². The first kappa shape index (κ1) is 18.5. The Bertz CT molecular complexity index is 312. The van der Waals surface area contributed by atoms with Gasteiger partial charge >= 0.3 is 0 Å². The molecule has 0 radical (unpaired) electrons. The van der Waals surface area contributed by atoms with Crippen LogP contribution < -0.4 is 5.32 Å². The molecule has 1 saturated heterocycles. The second-order valence-corrected chi connectivity index (χ2v) is 7.92. The van der Waals surface area contributed by atoms with E-state index >= 15 is 0 Å². The summed E-state index contributed by atoms with van der Waals surface area (Å²) in [5.41, 5.74) is 0. The van der Waals surface area contributed by atoms with Crippen LogP contribution >= 0.6 is 0 Å². The van der Waals surface area contributed by atoms with Crippen molar-refractivity contribution in [1.82, 2.24) is 10.2 Å². The lowest BCUT2D eigenvalue weighted by atomic mass is 10.0. The molecule has 21 heavy (non-hydrogen) atoms. The predicted molar refractivity (Wildman–Crippen MR) is 90.0 cm³/mol. The van der Waals surface area contributed by atoms with E-state index in [1.54, 1.807) is 0 Å². The van der Waals surface area contributed by atoms with E-state index in [1.165, 1.54) is 12.8 Å². The molecule has 1 heterocycles. The topological polar surface area (TPSA) is 32.3 Å². The second-order valence-electron chi connectivity index (χ2n) is 7.92. The van der Waals surface area contributed by atoms with Crippen LogP contribution in [0.5, 0.6) is 0 Å². The summed E-state index contributed by atoms with van der Waals surface area (Å²) < 4.78 is 0. The van der Waals surface area contributed by atoms with E-state index in [1.807, 2.05) is 0 Å². The summed E-state index contributed by atoms with van der Waals surface area (Å²) >= 11 is 0. The van der Waals surface area contributed by atoms with Crippen LogP contribution in [0.15, 0.2) is 0 Å². The number of hydrogen-bond acceptors (Lipinski definition) is 2. The third kappa shape index (κ3) is 6.37. The Kier molecular flexibility index (Phi) is 7.72. The molecule has 2 atom stereocenters. The van der Waals surface area contributed by atoms with Crippen LogP contribution in [-0.2, 0) is 4.79 Å². The van der Waals surface area contributed by atoms with Crippen LogP contribution in [-0.4, -0.2) is 29.6 Å². The van der Waals surface area contributed by atoms with Crippen LogP contribution in [0.25, 0.3) is 0 Å². The van der Waals surface area contributed by atoms with E-state index in [0.717, 1.165) is 31.7 Å². The van der Waals surface area contributed by atoms with Crippen LogP contribution in [0, 0.1) is 17.8 Å². The number of amides is 1. The highest BCUT2D eigenvalue weighted by Gasteiger charge is 2.38. The third-order valence-corrected chi connectivity index (χ3v) is 4.18. The summed E-state index contributed by atoms with van der Waals surface area (Å²) in [4.78, 5) is 14.7. The van der Waals surface area contributed by atoms with Crippen molar-refractivity contribution in [2.24, 2.45) is 17.8 Å². The van der Waals surface area contributed by atoms with Crippen molar-refractivity contribution >= 4 is 5.91 Å². The number of nitrogens with zero attached hydrogens (tertiary/aromatic N) is 1. The van der Waals surface area contributed by atoms with Gasteiger partial charge < -0.3 is 4.90 Å². The lowest BCUT2D eigenvalue weighted by Crippen LogP contribution is -2.39. The Morgan fingerprint density at radius 3 is 2.10 bits per heavy atom. The molecule has 1 fully saturated rings. The number of carbonyl (C=O) groups excluding carboxylic acids is 1. The summed E-state index contributed by atoms with van der Waals surface area (Å²) in [6, 6.07) is 0.0406. The van der Waals surface area contributed by atoms with Gasteiger partial charge in [-0.05, 0) is 37.0 Å². The first-order valence-corrected chi connectivity index (χ1v) is 8.87. The number of carbonyl (C=O) groups is 1. The highest BCUT2D eigenvalue weighted by atomic mass is 16.2. The fraction of sp³-hybridized carbons (Fsp3) is 0.944. The average molecular weight is 296 g/mol. The zero-order chi connectivity index (χ0) is 16.0. The van der Waals surface area contributed by atoms with Gasteiger partial charge in [-0.2, -0.15) is 0 Å². The van der Waals surface area contributed by atoms with Gasteiger partial charge in [0.15, 0.2) is 0 Å². The maximum atomic E-state index is 12.6. The molecule has 0 saturated carbocycles. The summed E-state index contributed by atoms with van der Waals surface area (Å²) in [5, 5.41) is 3.58. The standard InChI is InChI=1S/C18H36N2O/c1-13(2)9-7-8-10-20-17(12-15(5)6)19-16(18(20)21)11-14(3)4/h13-17,19H,7-12H2,1-6H3. The number of hydrogen-bond donors (Lipinski definition) is 1. The summed E-state index contributed by atoms with van der Waals surface area (Å²) in [7, 11) is 0. The SMILES string of the molecule is CC(C)CCCCN1C(=O)C(CC(C)C)NC1CC(C)C. The van der Waals surface area contributed by atoms with Crippen molar-refractivity contribution in [3.05, 3.63) is 0 Å². The molecule has 1 aliphatic heterocycles. The quantitative estimate of drug-likeness (QED) is 0.651. The summed E-state index contributed by atoms with van der Waals surface area (Å²) in [6.07, 6.45) is 5.89.